The minimum absolute atomic E-state index is 0.167. The zero-order chi connectivity index (χ0) is 17.0. The second-order valence-electron chi connectivity index (χ2n) is 5.13. The fourth-order valence-corrected chi connectivity index (χ4v) is 3.45. The van der Waals surface area contributed by atoms with E-state index in [0.717, 1.165) is 0 Å². The second-order valence-corrected chi connectivity index (χ2v) is 6.86. The number of pyridine rings is 1. The van der Waals surface area contributed by atoms with Crippen LogP contribution in [0, 0.1) is 6.92 Å². The van der Waals surface area contributed by atoms with Crippen molar-refractivity contribution in [2.75, 3.05) is 6.54 Å². The van der Waals surface area contributed by atoms with Gasteiger partial charge in [-0.2, -0.15) is 0 Å². The predicted molar refractivity (Wildman–Crippen MR) is 87.6 cm³/mol. The third-order valence-electron chi connectivity index (χ3n) is 3.36. The molecule has 3 rings (SSSR count). The van der Waals surface area contributed by atoms with Crippen molar-refractivity contribution in [3.63, 3.8) is 0 Å². The molecule has 2 aromatic heterocycles. The van der Waals surface area contributed by atoms with Crippen LogP contribution in [-0.2, 0) is 16.4 Å². The average Bonchev–Trinajstić information content (AvgIpc) is 3.05. The van der Waals surface area contributed by atoms with E-state index in [0.29, 0.717) is 29.5 Å². The van der Waals surface area contributed by atoms with Gasteiger partial charge in [0, 0.05) is 19.2 Å². The van der Waals surface area contributed by atoms with Crippen LogP contribution in [-0.4, -0.2) is 30.1 Å². The highest BCUT2D eigenvalue weighted by Crippen LogP contribution is 2.15. The first-order valence-corrected chi connectivity index (χ1v) is 8.84. The summed E-state index contributed by atoms with van der Waals surface area (Å²) in [6, 6.07) is 12.2. The summed E-state index contributed by atoms with van der Waals surface area (Å²) in [5, 5.41) is 7.83. The molecule has 0 fully saturated rings. The van der Waals surface area contributed by atoms with Gasteiger partial charge in [-0.3, -0.25) is 4.98 Å². The van der Waals surface area contributed by atoms with E-state index >= 15 is 0 Å². The molecular formula is C16H16N4O3S. The summed E-state index contributed by atoms with van der Waals surface area (Å²) in [4.78, 5) is 4.39. The van der Waals surface area contributed by atoms with Gasteiger partial charge in [-0.1, -0.05) is 24.3 Å². The Bertz CT molecular complexity index is 923. The summed E-state index contributed by atoms with van der Waals surface area (Å²) in [6.45, 7) is 1.92. The summed E-state index contributed by atoms with van der Waals surface area (Å²) < 4.78 is 32.6. The third-order valence-corrected chi connectivity index (χ3v) is 4.99. The van der Waals surface area contributed by atoms with E-state index in [9.17, 15) is 8.42 Å². The minimum Gasteiger partial charge on any atom is -0.419 e. The van der Waals surface area contributed by atoms with E-state index in [-0.39, 0.29) is 11.4 Å². The number of sulfonamides is 1. The smallest absolute Gasteiger partial charge is 0.266 e. The average molecular weight is 344 g/mol. The lowest BCUT2D eigenvalue weighted by atomic mass is 10.2. The monoisotopic (exact) mass is 344 g/mol. The maximum absolute atomic E-state index is 12.3. The number of aryl methyl sites for hydroxylation is 1. The van der Waals surface area contributed by atoms with Crippen molar-refractivity contribution in [2.45, 2.75) is 18.2 Å². The first-order chi connectivity index (χ1) is 11.6. The highest BCUT2D eigenvalue weighted by molar-refractivity contribution is 7.89. The molecule has 0 unspecified atom stereocenters. The van der Waals surface area contributed by atoms with Gasteiger partial charge < -0.3 is 4.42 Å². The van der Waals surface area contributed by atoms with Gasteiger partial charge in [-0.05, 0) is 30.7 Å². The normalized spacial score (nSPS) is 11.5. The molecule has 0 aliphatic rings. The van der Waals surface area contributed by atoms with Crippen LogP contribution in [0.4, 0.5) is 0 Å². The SMILES string of the molecule is Cc1ccccc1S(=O)(=O)NCCc1nnc(-c2ccccn2)o1. The van der Waals surface area contributed by atoms with Crippen LogP contribution in [0.2, 0.25) is 0 Å². The highest BCUT2D eigenvalue weighted by atomic mass is 32.2. The van der Waals surface area contributed by atoms with Crippen LogP contribution in [0.25, 0.3) is 11.6 Å². The van der Waals surface area contributed by atoms with Crippen molar-refractivity contribution < 1.29 is 12.8 Å². The predicted octanol–water partition coefficient (Wildman–Crippen LogP) is 1.96. The van der Waals surface area contributed by atoms with Gasteiger partial charge in [-0.25, -0.2) is 13.1 Å². The molecule has 0 saturated carbocycles. The molecule has 0 aliphatic heterocycles. The molecule has 8 heteroatoms. The molecule has 3 aromatic rings. The van der Waals surface area contributed by atoms with Gasteiger partial charge in [0.25, 0.3) is 5.89 Å². The maximum Gasteiger partial charge on any atom is 0.266 e. The van der Waals surface area contributed by atoms with Crippen molar-refractivity contribution in [3.8, 4) is 11.6 Å². The fourth-order valence-electron chi connectivity index (χ4n) is 2.18. The Labute approximate surface area is 139 Å². The lowest BCUT2D eigenvalue weighted by Gasteiger charge is -2.07. The maximum atomic E-state index is 12.3. The summed E-state index contributed by atoms with van der Waals surface area (Å²) in [6.07, 6.45) is 1.93. The Kier molecular flexibility index (Phi) is 4.68. The minimum atomic E-state index is -3.56. The van der Waals surface area contributed by atoms with Crippen molar-refractivity contribution in [2.24, 2.45) is 0 Å². The van der Waals surface area contributed by atoms with E-state index in [1.807, 2.05) is 6.07 Å². The van der Waals surface area contributed by atoms with Crippen molar-refractivity contribution in [1.82, 2.24) is 19.9 Å². The van der Waals surface area contributed by atoms with E-state index in [2.05, 4.69) is 19.9 Å². The largest absolute Gasteiger partial charge is 0.419 e. The van der Waals surface area contributed by atoms with Gasteiger partial charge in [0.05, 0.1) is 4.90 Å². The van der Waals surface area contributed by atoms with Crippen LogP contribution in [0.3, 0.4) is 0 Å². The van der Waals surface area contributed by atoms with Gasteiger partial charge in [0.15, 0.2) is 0 Å². The Morgan fingerprint density at radius 1 is 1.08 bits per heavy atom. The van der Waals surface area contributed by atoms with E-state index in [4.69, 9.17) is 4.42 Å². The topological polar surface area (TPSA) is 98.0 Å². The highest BCUT2D eigenvalue weighted by Gasteiger charge is 2.16. The number of aromatic nitrogens is 3. The van der Waals surface area contributed by atoms with Crippen molar-refractivity contribution in [1.29, 1.82) is 0 Å². The number of hydrogen-bond donors (Lipinski definition) is 1. The van der Waals surface area contributed by atoms with Gasteiger partial charge >= 0.3 is 0 Å². The number of nitrogens with one attached hydrogen (secondary N) is 1. The van der Waals surface area contributed by atoms with Crippen LogP contribution in [0.1, 0.15) is 11.5 Å². The quantitative estimate of drug-likeness (QED) is 0.734. The number of nitrogens with zero attached hydrogens (tertiary/aromatic N) is 3. The lowest BCUT2D eigenvalue weighted by Crippen LogP contribution is -2.26. The Morgan fingerprint density at radius 3 is 2.62 bits per heavy atom. The summed E-state index contributed by atoms with van der Waals surface area (Å²) in [5.41, 5.74) is 1.27. The molecule has 0 saturated heterocycles. The first kappa shape index (κ1) is 16.3. The molecule has 24 heavy (non-hydrogen) atoms. The molecule has 0 bridgehead atoms. The molecule has 0 amide bonds. The molecule has 0 aliphatic carbocycles. The van der Waals surface area contributed by atoms with Crippen molar-refractivity contribution in [3.05, 3.63) is 60.1 Å². The Morgan fingerprint density at radius 2 is 1.88 bits per heavy atom. The van der Waals surface area contributed by atoms with Crippen LogP contribution in [0.15, 0.2) is 58.0 Å². The van der Waals surface area contributed by atoms with Crippen molar-refractivity contribution >= 4 is 10.0 Å². The third kappa shape index (κ3) is 3.66. The number of hydrogen-bond acceptors (Lipinski definition) is 6. The molecule has 0 spiro atoms. The second kappa shape index (κ2) is 6.90. The van der Waals surface area contributed by atoms with E-state index in [1.54, 1.807) is 49.5 Å². The number of benzene rings is 1. The molecule has 7 nitrogen and oxygen atoms in total. The molecule has 124 valence electrons. The van der Waals surface area contributed by atoms with Crippen LogP contribution >= 0.6 is 0 Å². The zero-order valence-corrected chi connectivity index (χ0v) is 13.8. The van der Waals surface area contributed by atoms with Crippen LogP contribution in [0.5, 0.6) is 0 Å². The van der Waals surface area contributed by atoms with Crippen LogP contribution < -0.4 is 4.72 Å². The molecule has 1 aromatic carbocycles. The van der Waals surface area contributed by atoms with Gasteiger partial charge in [-0.15, -0.1) is 10.2 Å². The number of rotatable bonds is 6. The van der Waals surface area contributed by atoms with Gasteiger partial charge in [0.2, 0.25) is 15.9 Å². The first-order valence-electron chi connectivity index (χ1n) is 7.35. The molecule has 1 N–H and O–H groups in total. The summed E-state index contributed by atoms with van der Waals surface area (Å²) in [7, 11) is -3.56. The van der Waals surface area contributed by atoms with E-state index in [1.165, 1.54) is 0 Å². The fraction of sp³-hybridized carbons (Fsp3) is 0.188. The Balaban J connectivity index is 1.63. The zero-order valence-electron chi connectivity index (χ0n) is 13.0. The Hall–Kier alpha value is -2.58. The molecule has 0 atom stereocenters. The van der Waals surface area contributed by atoms with E-state index < -0.39 is 10.0 Å². The molecular weight excluding hydrogens is 328 g/mol. The van der Waals surface area contributed by atoms with Gasteiger partial charge in [0.1, 0.15) is 5.69 Å². The summed E-state index contributed by atoms with van der Waals surface area (Å²) >= 11 is 0. The standard InChI is InChI=1S/C16H16N4O3S/c1-12-6-2-3-8-14(12)24(21,22)18-11-9-15-19-20-16(23-15)13-7-4-5-10-17-13/h2-8,10,18H,9,11H2,1H3. The molecule has 0 radical (unpaired) electrons. The summed E-state index contributed by atoms with van der Waals surface area (Å²) in [5.74, 6) is 0.662. The lowest BCUT2D eigenvalue weighted by molar-refractivity contribution is 0.500. The molecule has 2 heterocycles.